The predicted molar refractivity (Wildman–Crippen MR) is 54.9 cm³/mol. The van der Waals surface area contributed by atoms with Crippen molar-refractivity contribution in [1.29, 1.82) is 0 Å². The highest BCUT2D eigenvalue weighted by Crippen LogP contribution is 2.20. The van der Waals surface area contributed by atoms with Crippen molar-refractivity contribution in [3.63, 3.8) is 0 Å². The van der Waals surface area contributed by atoms with Gasteiger partial charge in [0.1, 0.15) is 0 Å². The number of aromatic nitrogens is 2. The highest BCUT2D eigenvalue weighted by Gasteiger charge is 2.01. The maximum atomic E-state index is 4.19. The fourth-order valence-corrected chi connectivity index (χ4v) is 1.99. The smallest absolute Gasteiger partial charge is 0.173 e. The zero-order valence-electron chi connectivity index (χ0n) is 5.84. The van der Waals surface area contributed by atoms with E-state index in [0.29, 0.717) is 0 Å². The highest BCUT2D eigenvalue weighted by molar-refractivity contribution is 14.1. The van der Waals surface area contributed by atoms with E-state index in [-0.39, 0.29) is 0 Å². The predicted octanol–water partition coefficient (Wildman–Crippen LogP) is 2.60. The van der Waals surface area contributed by atoms with Gasteiger partial charge in [0, 0.05) is 20.0 Å². The molecule has 0 amide bonds. The molecule has 0 atom stereocenters. The van der Waals surface area contributed by atoms with E-state index in [1.165, 1.54) is 25.4 Å². The van der Waals surface area contributed by atoms with E-state index >= 15 is 0 Å². The fraction of sp³-hybridized carbons (Fsp3) is 0.143. The summed E-state index contributed by atoms with van der Waals surface area (Å²) in [5, 5.41) is 1.18. The van der Waals surface area contributed by atoms with Gasteiger partial charge in [-0.2, -0.15) is 4.37 Å². The molecule has 0 saturated carbocycles. The molecule has 2 aromatic rings. The van der Waals surface area contributed by atoms with E-state index in [1.54, 1.807) is 0 Å². The number of aryl methyl sites for hydroxylation is 1. The van der Waals surface area contributed by atoms with Crippen LogP contribution in [-0.2, 0) is 0 Å². The molecule has 0 aliphatic carbocycles. The lowest BCUT2D eigenvalue weighted by atomic mass is 10.3. The van der Waals surface area contributed by atoms with Gasteiger partial charge in [0.25, 0.3) is 0 Å². The van der Waals surface area contributed by atoms with Gasteiger partial charge in [-0.1, -0.05) is 0 Å². The van der Waals surface area contributed by atoms with Crippen molar-refractivity contribution in [1.82, 2.24) is 9.36 Å². The second-order valence-corrected chi connectivity index (χ2v) is 4.49. The first-order valence-corrected chi connectivity index (χ1v) is 5.00. The molecular weight excluding hydrogens is 271 g/mol. The largest absolute Gasteiger partial charge is 0.235 e. The molecule has 0 spiro atoms. The van der Waals surface area contributed by atoms with Gasteiger partial charge < -0.3 is 0 Å². The third-order valence-corrected chi connectivity index (χ3v) is 2.83. The van der Waals surface area contributed by atoms with Crippen molar-refractivity contribution in [2.75, 3.05) is 0 Å². The van der Waals surface area contributed by atoms with Gasteiger partial charge >= 0.3 is 0 Å². The lowest BCUT2D eigenvalue weighted by Gasteiger charge is -1.89. The summed E-state index contributed by atoms with van der Waals surface area (Å²) < 4.78 is 5.35. The average molecular weight is 276 g/mol. The lowest BCUT2D eigenvalue weighted by Crippen LogP contribution is -1.77. The molecule has 0 aliphatic heterocycles. The molecule has 2 nitrogen and oxygen atoms in total. The minimum absolute atomic E-state index is 0.868. The number of rotatable bonds is 0. The summed E-state index contributed by atoms with van der Waals surface area (Å²) in [7, 11) is 0. The molecule has 2 rings (SSSR count). The van der Waals surface area contributed by atoms with Gasteiger partial charge in [-0.25, -0.2) is 4.98 Å². The molecule has 0 N–H and O–H groups in total. The number of pyridine rings is 1. The standard InChI is InChI=1S/C7H5IN2S/c1-4-6-2-5(8)3-9-7(6)10-11-4/h2-3H,1H3. The molecular formula is C7H5IN2S. The molecule has 2 aromatic heterocycles. The van der Waals surface area contributed by atoms with E-state index < -0.39 is 0 Å². The van der Waals surface area contributed by atoms with Gasteiger partial charge in [0.05, 0.1) is 0 Å². The Morgan fingerprint density at radius 3 is 3.18 bits per heavy atom. The van der Waals surface area contributed by atoms with Crippen molar-refractivity contribution in [2.24, 2.45) is 0 Å². The molecule has 56 valence electrons. The number of halogens is 1. The second kappa shape index (κ2) is 2.67. The Hall–Kier alpha value is -0.230. The van der Waals surface area contributed by atoms with Crippen molar-refractivity contribution >= 4 is 45.2 Å². The third kappa shape index (κ3) is 1.24. The van der Waals surface area contributed by atoms with Crippen LogP contribution in [0.4, 0.5) is 0 Å². The molecule has 4 heteroatoms. The Bertz CT molecular complexity index is 396. The van der Waals surface area contributed by atoms with E-state index in [2.05, 4.69) is 44.9 Å². The van der Waals surface area contributed by atoms with Crippen molar-refractivity contribution in [3.05, 3.63) is 20.7 Å². The van der Waals surface area contributed by atoms with Crippen LogP contribution in [-0.4, -0.2) is 9.36 Å². The van der Waals surface area contributed by atoms with Gasteiger partial charge in [0.15, 0.2) is 5.65 Å². The van der Waals surface area contributed by atoms with Crippen molar-refractivity contribution in [3.8, 4) is 0 Å². The second-order valence-electron chi connectivity index (χ2n) is 2.26. The summed E-state index contributed by atoms with van der Waals surface area (Å²) in [6.07, 6.45) is 1.84. The summed E-state index contributed by atoms with van der Waals surface area (Å²) in [5.74, 6) is 0. The fourth-order valence-electron chi connectivity index (χ4n) is 0.925. The summed E-state index contributed by atoms with van der Waals surface area (Å²) in [6, 6.07) is 2.11. The molecule has 0 radical (unpaired) electrons. The zero-order valence-corrected chi connectivity index (χ0v) is 8.81. The van der Waals surface area contributed by atoms with Crippen LogP contribution in [0.5, 0.6) is 0 Å². The van der Waals surface area contributed by atoms with Crippen LogP contribution in [0.2, 0.25) is 0 Å². The van der Waals surface area contributed by atoms with Gasteiger partial charge in [-0.05, 0) is 47.1 Å². The monoisotopic (exact) mass is 276 g/mol. The molecule has 0 saturated heterocycles. The topological polar surface area (TPSA) is 25.8 Å². The van der Waals surface area contributed by atoms with E-state index in [9.17, 15) is 0 Å². The number of fused-ring (bicyclic) bond motifs is 1. The Morgan fingerprint density at radius 2 is 2.36 bits per heavy atom. The molecule has 0 aliphatic rings. The first kappa shape index (κ1) is 7.42. The van der Waals surface area contributed by atoms with Crippen LogP contribution in [0.15, 0.2) is 12.3 Å². The molecule has 2 heterocycles. The average Bonchev–Trinajstić information content (AvgIpc) is 2.33. The minimum atomic E-state index is 0.868. The maximum Gasteiger partial charge on any atom is 0.173 e. The quantitative estimate of drug-likeness (QED) is 0.691. The molecule has 0 bridgehead atoms. The Labute approximate surface area is 82.0 Å². The first-order valence-electron chi connectivity index (χ1n) is 3.15. The Morgan fingerprint density at radius 1 is 1.55 bits per heavy atom. The van der Waals surface area contributed by atoms with Crippen molar-refractivity contribution < 1.29 is 0 Å². The third-order valence-electron chi connectivity index (χ3n) is 1.48. The lowest BCUT2D eigenvalue weighted by molar-refractivity contribution is 1.35. The van der Waals surface area contributed by atoms with E-state index in [4.69, 9.17) is 0 Å². The highest BCUT2D eigenvalue weighted by atomic mass is 127. The first-order chi connectivity index (χ1) is 5.27. The Kier molecular flexibility index (Phi) is 1.80. The molecule has 0 aromatic carbocycles. The zero-order chi connectivity index (χ0) is 7.84. The number of nitrogens with zero attached hydrogens (tertiary/aromatic N) is 2. The summed E-state index contributed by atoms with van der Waals surface area (Å²) in [5.41, 5.74) is 0.868. The molecule has 0 fully saturated rings. The van der Waals surface area contributed by atoms with E-state index in [0.717, 1.165) is 5.65 Å². The number of hydrogen-bond donors (Lipinski definition) is 0. The summed E-state index contributed by atoms with van der Waals surface area (Å²) in [4.78, 5) is 5.44. The summed E-state index contributed by atoms with van der Waals surface area (Å²) >= 11 is 3.77. The number of hydrogen-bond acceptors (Lipinski definition) is 3. The van der Waals surface area contributed by atoms with Crippen LogP contribution < -0.4 is 0 Å². The van der Waals surface area contributed by atoms with Crippen LogP contribution in [0.25, 0.3) is 11.0 Å². The SMILES string of the molecule is Cc1snc2ncc(I)cc12. The van der Waals surface area contributed by atoms with E-state index in [1.807, 2.05) is 6.20 Å². The molecule has 0 unspecified atom stereocenters. The summed E-state index contributed by atoms with van der Waals surface area (Å²) in [6.45, 7) is 2.07. The van der Waals surface area contributed by atoms with Crippen LogP contribution in [0.3, 0.4) is 0 Å². The van der Waals surface area contributed by atoms with Gasteiger partial charge in [0.2, 0.25) is 0 Å². The minimum Gasteiger partial charge on any atom is -0.235 e. The van der Waals surface area contributed by atoms with Gasteiger partial charge in [-0.15, -0.1) is 0 Å². The van der Waals surface area contributed by atoms with Gasteiger partial charge in [-0.3, -0.25) is 0 Å². The maximum absolute atomic E-state index is 4.19. The van der Waals surface area contributed by atoms with Crippen molar-refractivity contribution in [2.45, 2.75) is 6.92 Å². The van der Waals surface area contributed by atoms with Crippen LogP contribution in [0.1, 0.15) is 4.88 Å². The normalized spacial score (nSPS) is 10.7. The van der Waals surface area contributed by atoms with Crippen LogP contribution >= 0.6 is 34.1 Å². The molecule has 11 heavy (non-hydrogen) atoms. The van der Waals surface area contributed by atoms with Crippen LogP contribution in [0, 0.1) is 10.5 Å². The Balaban J connectivity index is 2.87.